The topological polar surface area (TPSA) is 91.8 Å². The molecule has 0 spiro atoms. The summed E-state index contributed by atoms with van der Waals surface area (Å²) in [5.41, 5.74) is 3.17. The van der Waals surface area contributed by atoms with E-state index in [-0.39, 0.29) is 10.5 Å². The number of likely N-dealkylation sites (N-methyl/N-ethyl adjacent to an activating group) is 1. The van der Waals surface area contributed by atoms with Crippen molar-refractivity contribution in [1.29, 1.82) is 0 Å². The molecule has 3 heterocycles. The van der Waals surface area contributed by atoms with Gasteiger partial charge in [0.05, 0.1) is 17.2 Å². The molecule has 5 rings (SSSR count). The highest BCUT2D eigenvalue weighted by atomic mass is 32.2. The number of benzene rings is 2. The van der Waals surface area contributed by atoms with Gasteiger partial charge in [-0.3, -0.25) is 10.1 Å². The highest BCUT2D eigenvalue weighted by Crippen LogP contribution is 2.32. The van der Waals surface area contributed by atoms with Gasteiger partial charge >= 0.3 is 0 Å². The van der Waals surface area contributed by atoms with Crippen LogP contribution in [0.1, 0.15) is 15.9 Å². The summed E-state index contributed by atoms with van der Waals surface area (Å²) in [5, 5.41) is 5.14. The van der Waals surface area contributed by atoms with Crippen LogP contribution < -0.4 is 10.1 Å². The van der Waals surface area contributed by atoms with Crippen molar-refractivity contribution in [1.82, 2.24) is 14.2 Å². The molecule has 3 aromatic rings. The molecule has 33 heavy (non-hydrogen) atoms. The zero-order valence-electron chi connectivity index (χ0n) is 18.2. The van der Waals surface area contributed by atoms with Gasteiger partial charge in [-0.15, -0.1) is 11.3 Å². The first-order valence-electron chi connectivity index (χ1n) is 10.7. The summed E-state index contributed by atoms with van der Waals surface area (Å²) in [7, 11) is -1.68. The Bertz CT molecular complexity index is 1300. The minimum absolute atomic E-state index is 0.125. The van der Waals surface area contributed by atoms with Crippen LogP contribution in [0.25, 0.3) is 11.3 Å². The Morgan fingerprint density at radius 1 is 1.12 bits per heavy atom. The quantitative estimate of drug-likeness (QED) is 0.599. The van der Waals surface area contributed by atoms with E-state index in [2.05, 4.69) is 21.3 Å². The smallest absolute Gasteiger partial charge is 0.257 e. The van der Waals surface area contributed by atoms with Crippen LogP contribution in [0.5, 0.6) is 5.75 Å². The second-order valence-corrected chi connectivity index (χ2v) is 10.9. The molecule has 0 saturated carbocycles. The zero-order valence-corrected chi connectivity index (χ0v) is 19.8. The van der Waals surface area contributed by atoms with Crippen LogP contribution in [-0.4, -0.2) is 68.3 Å². The second-order valence-electron chi connectivity index (χ2n) is 8.15. The van der Waals surface area contributed by atoms with Crippen LogP contribution in [-0.2, 0) is 16.4 Å². The van der Waals surface area contributed by atoms with E-state index in [1.807, 2.05) is 24.6 Å². The Hall–Kier alpha value is -2.79. The van der Waals surface area contributed by atoms with Crippen LogP contribution in [0.2, 0.25) is 0 Å². The maximum atomic E-state index is 13.0. The van der Waals surface area contributed by atoms with Crippen LogP contribution in [0, 0.1) is 0 Å². The molecule has 1 N–H and O–H groups in total. The summed E-state index contributed by atoms with van der Waals surface area (Å²) in [5.74, 6) is 0.516. The number of fused-ring (bicyclic) bond motifs is 1. The highest BCUT2D eigenvalue weighted by Gasteiger charge is 2.28. The van der Waals surface area contributed by atoms with E-state index in [0.717, 1.165) is 29.0 Å². The third-order valence-electron chi connectivity index (χ3n) is 5.91. The predicted molar refractivity (Wildman–Crippen MR) is 127 cm³/mol. The van der Waals surface area contributed by atoms with Gasteiger partial charge in [0.15, 0.2) is 5.13 Å². The molecule has 2 aromatic carbocycles. The first-order chi connectivity index (χ1) is 15.9. The van der Waals surface area contributed by atoms with Crippen LogP contribution >= 0.6 is 11.3 Å². The number of thiazole rings is 1. The first-order valence-corrected chi connectivity index (χ1v) is 13.0. The molecule has 172 valence electrons. The normalized spacial score (nSPS) is 16.9. The molecule has 0 unspecified atom stereocenters. The molecule has 1 aromatic heterocycles. The number of aromatic nitrogens is 1. The van der Waals surface area contributed by atoms with Gasteiger partial charge in [-0.05, 0) is 49.0 Å². The third-order valence-corrected chi connectivity index (χ3v) is 8.56. The molecule has 1 fully saturated rings. The largest absolute Gasteiger partial charge is 0.493 e. The van der Waals surface area contributed by atoms with Crippen LogP contribution in [0.4, 0.5) is 5.13 Å². The number of carbonyl (C=O) groups is 1. The van der Waals surface area contributed by atoms with E-state index < -0.39 is 15.9 Å². The number of sulfonamides is 1. The van der Waals surface area contributed by atoms with Gasteiger partial charge in [-0.25, -0.2) is 13.4 Å². The van der Waals surface area contributed by atoms with Crippen molar-refractivity contribution < 1.29 is 17.9 Å². The average Bonchev–Trinajstić information content (AvgIpc) is 3.48. The number of ether oxygens (including phenoxy) is 1. The molecule has 0 radical (unpaired) electrons. The number of rotatable bonds is 5. The van der Waals surface area contributed by atoms with E-state index in [1.165, 1.54) is 27.8 Å². The summed E-state index contributed by atoms with van der Waals surface area (Å²) in [6.07, 6.45) is 0.879. The summed E-state index contributed by atoms with van der Waals surface area (Å²) in [4.78, 5) is 19.6. The molecule has 0 aliphatic carbocycles. The fraction of sp³-hybridized carbons (Fsp3) is 0.304. The van der Waals surface area contributed by atoms with Crippen molar-refractivity contribution in [2.45, 2.75) is 11.3 Å². The Kier molecular flexibility index (Phi) is 5.92. The molecule has 0 atom stereocenters. The van der Waals surface area contributed by atoms with Gasteiger partial charge in [0.1, 0.15) is 5.75 Å². The van der Waals surface area contributed by atoms with Crippen molar-refractivity contribution in [3.8, 4) is 17.0 Å². The van der Waals surface area contributed by atoms with E-state index >= 15 is 0 Å². The monoisotopic (exact) mass is 484 g/mol. The number of hydrogen-bond acceptors (Lipinski definition) is 7. The van der Waals surface area contributed by atoms with Crippen molar-refractivity contribution in [3.05, 3.63) is 59.0 Å². The molecule has 0 bridgehead atoms. The number of hydrogen-bond donors (Lipinski definition) is 1. The lowest BCUT2D eigenvalue weighted by Gasteiger charge is -2.31. The molecule has 1 saturated heterocycles. The van der Waals surface area contributed by atoms with Crippen LogP contribution in [0.15, 0.2) is 52.7 Å². The number of nitrogens with zero attached hydrogens (tertiary/aromatic N) is 3. The summed E-state index contributed by atoms with van der Waals surface area (Å²) in [6, 6.07) is 12.1. The van der Waals surface area contributed by atoms with Gasteiger partial charge in [-0.2, -0.15) is 4.31 Å². The minimum Gasteiger partial charge on any atom is -0.493 e. The number of piperazine rings is 1. The van der Waals surface area contributed by atoms with Gasteiger partial charge < -0.3 is 9.64 Å². The van der Waals surface area contributed by atoms with Crippen molar-refractivity contribution in [2.24, 2.45) is 0 Å². The number of carbonyl (C=O) groups excluding carboxylic acids is 1. The fourth-order valence-electron chi connectivity index (χ4n) is 3.95. The van der Waals surface area contributed by atoms with Crippen molar-refractivity contribution in [3.63, 3.8) is 0 Å². The third kappa shape index (κ3) is 4.51. The van der Waals surface area contributed by atoms with Crippen LogP contribution in [0.3, 0.4) is 0 Å². The maximum Gasteiger partial charge on any atom is 0.257 e. The molecular weight excluding hydrogens is 460 g/mol. The van der Waals surface area contributed by atoms with Crippen molar-refractivity contribution >= 4 is 32.4 Å². The lowest BCUT2D eigenvalue weighted by Crippen LogP contribution is -2.47. The minimum atomic E-state index is -3.65. The van der Waals surface area contributed by atoms with E-state index in [1.54, 1.807) is 12.1 Å². The molecule has 10 heteroatoms. The number of anilines is 1. The maximum absolute atomic E-state index is 13.0. The molecular formula is C23H24N4O4S2. The van der Waals surface area contributed by atoms with Gasteiger partial charge in [0.25, 0.3) is 5.91 Å². The van der Waals surface area contributed by atoms with E-state index in [4.69, 9.17) is 4.74 Å². The number of nitrogens with one attached hydrogen (secondary N) is 1. The lowest BCUT2D eigenvalue weighted by atomic mass is 10.1. The van der Waals surface area contributed by atoms with Crippen molar-refractivity contribution in [2.75, 3.05) is 45.2 Å². The van der Waals surface area contributed by atoms with E-state index in [0.29, 0.717) is 37.9 Å². The second kappa shape index (κ2) is 8.86. The lowest BCUT2D eigenvalue weighted by molar-refractivity contribution is 0.102. The Balaban J connectivity index is 1.31. The van der Waals surface area contributed by atoms with Gasteiger partial charge in [-0.1, -0.05) is 6.07 Å². The molecule has 2 aliphatic rings. The average molecular weight is 485 g/mol. The predicted octanol–water partition coefficient (Wildman–Crippen LogP) is 2.93. The first kappa shape index (κ1) is 22.0. The van der Waals surface area contributed by atoms with Gasteiger partial charge in [0, 0.05) is 49.1 Å². The SMILES string of the molecule is CN1CCN(S(=O)(=O)c2cccc(C(=O)Nc3nc(-c4ccc5c(c4)CCO5)cs3)c2)CC1. The molecule has 8 nitrogen and oxygen atoms in total. The summed E-state index contributed by atoms with van der Waals surface area (Å²) in [6.45, 7) is 2.94. The summed E-state index contributed by atoms with van der Waals surface area (Å²) < 4.78 is 33.1. The Morgan fingerprint density at radius 3 is 2.76 bits per heavy atom. The molecule has 1 amide bonds. The number of amides is 1. The fourth-order valence-corrected chi connectivity index (χ4v) is 6.14. The molecule has 2 aliphatic heterocycles. The Morgan fingerprint density at radius 2 is 1.94 bits per heavy atom. The zero-order chi connectivity index (χ0) is 23.0. The standard InChI is InChI=1S/C23H24N4O4S2/c1-26-8-10-27(11-9-26)33(29,30)19-4-2-3-18(14-19)22(28)25-23-24-20(15-32-23)16-5-6-21-17(13-16)7-12-31-21/h2-6,13-15H,7-12H2,1H3,(H,24,25,28). The summed E-state index contributed by atoms with van der Waals surface area (Å²) >= 11 is 1.33. The van der Waals surface area contributed by atoms with Gasteiger partial charge in [0.2, 0.25) is 10.0 Å². The Labute approximate surface area is 196 Å². The van der Waals surface area contributed by atoms with E-state index in [9.17, 15) is 13.2 Å². The highest BCUT2D eigenvalue weighted by molar-refractivity contribution is 7.89.